The van der Waals surface area contributed by atoms with Gasteiger partial charge in [0, 0.05) is 0 Å². The van der Waals surface area contributed by atoms with E-state index in [1.165, 1.54) is 35.3 Å². The molecule has 2 aliphatic rings. The molecule has 2 N–H and O–H groups in total. The van der Waals surface area contributed by atoms with Crippen LogP contribution in [0.25, 0.3) is 0 Å². The second kappa shape index (κ2) is 5.46. The summed E-state index contributed by atoms with van der Waals surface area (Å²) in [7, 11) is 0. The molecule has 0 bridgehead atoms. The maximum atomic E-state index is 3.43. The fourth-order valence-corrected chi connectivity index (χ4v) is 8.84. The van der Waals surface area contributed by atoms with E-state index >= 15 is 0 Å². The molecule has 20 heavy (non-hydrogen) atoms. The summed E-state index contributed by atoms with van der Waals surface area (Å²) in [5.74, 6) is 0. The molecule has 2 aromatic carbocycles. The molecule has 102 valence electrons. The first kappa shape index (κ1) is 12.8. The van der Waals surface area contributed by atoms with E-state index in [1.807, 2.05) is 0 Å². The molecule has 2 aromatic rings. The van der Waals surface area contributed by atoms with Crippen molar-refractivity contribution in [3.05, 3.63) is 47.5 Å². The Kier molecular flexibility index (Phi) is 3.49. The van der Waals surface area contributed by atoms with Gasteiger partial charge in [0.05, 0.1) is 0 Å². The van der Waals surface area contributed by atoms with Crippen molar-refractivity contribution in [2.45, 2.75) is 12.8 Å². The molecule has 0 saturated carbocycles. The molecule has 4 heteroatoms. The van der Waals surface area contributed by atoms with E-state index in [0.717, 1.165) is 13.1 Å². The molecule has 0 aliphatic carbocycles. The van der Waals surface area contributed by atoms with Crippen LogP contribution in [0.2, 0.25) is 0 Å². The second-order valence-electron chi connectivity index (χ2n) is 5.16. The topological polar surface area (TPSA) is 24.1 Å². The van der Waals surface area contributed by atoms with Crippen LogP contribution in [0.3, 0.4) is 0 Å². The first-order chi connectivity index (χ1) is 9.88. The normalized spacial score (nSPS) is 15.4. The van der Waals surface area contributed by atoms with Crippen LogP contribution in [0.15, 0.2) is 36.4 Å². The Balaban J connectivity index is 1.47. The van der Waals surface area contributed by atoms with Crippen molar-refractivity contribution in [1.82, 2.24) is 0 Å². The number of fused-ring (bicyclic) bond motifs is 2. The predicted octanol–water partition coefficient (Wildman–Crippen LogP) is 0.897. The number of anilines is 2. The van der Waals surface area contributed by atoms with Gasteiger partial charge in [0.25, 0.3) is 0 Å². The van der Waals surface area contributed by atoms with Crippen molar-refractivity contribution < 1.29 is 0 Å². The summed E-state index contributed by atoms with van der Waals surface area (Å²) < 4.78 is 3.11. The van der Waals surface area contributed by atoms with Crippen molar-refractivity contribution in [3.8, 4) is 0 Å². The Morgan fingerprint density at radius 1 is 0.700 bits per heavy atom. The molecule has 0 fully saturated rings. The average Bonchev–Trinajstić information content (AvgIpc) is 3.12. The van der Waals surface area contributed by atoms with Gasteiger partial charge in [-0.3, -0.25) is 0 Å². The van der Waals surface area contributed by atoms with E-state index in [9.17, 15) is 0 Å². The van der Waals surface area contributed by atoms with Gasteiger partial charge in [-0.05, 0) is 0 Å². The van der Waals surface area contributed by atoms with Crippen molar-refractivity contribution >= 4 is 46.6 Å². The molecule has 2 nitrogen and oxygen atoms in total. The Labute approximate surface area is 130 Å². The molecular weight excluding hydrogens is 378 g/mol. The van der Waals surface area contributed by atoms with Crippen LogP contribution in [0.4, 0.5) is 11.4 Å². The van der Waals surface area contributed by atoms with Gasteiger partial charge in [0.1, 0.15) is 0 Å². The molecule has 0 spiro atoms. The molecular formula is C16H16N2Se2. The minimum atomic E-state index is 0.602. The number of hydrogen-bond donors (Lipinski definition) is 2. The van der Waals surface area contributed by atoms with Crippen LogP contribution in [0.1, 0.15) is 11.1 Å². The third-order valence-electron chi connectivity index (χ3n) is 3.81. The summed E-state index contributed by atoms with van der Waals surface area (Å²) in [4.78, 5) is 0. The first-order valence-electron chi connectivity index (χ1n) is 6.97. The summed E-state index contributed by atoms with van der Waals surface area (Å²) in [5.41, 5.74) is 5.72. The van der Waals surface area contributed by atoms with Crippen LogP contribution >= 0.6 is 0 Å². The zero-order valence-electron chi connectivity index (χ0n) is 11.1. The van der Waals surface area contributed by atoms with Gasteiger partial charge >= 0.3 is 131 Å². The van der Waals surface area contributed by atoms with E-state index in [-0.39, 0.29) is 0 Å². The summed E-state index contributed by atoms with van der Waals surface area (Å²) in [6, 6.07) is 14.0. The summed E-state index contributed by atoms with van der Waals surface area (Å²) >= 11 is 1.20. The van der Waals surface area contributed by atoms with Gasteiger partial charge in [-0.2, -0.15) is 0 Å². The van der Waals surface area contributed by atoms with Gasteiger partial charge in [0.15, 0.2) is 0 Å². The molecule has 2 aliphatic heterocycles. The Hall–Kier alpha value is -0.921. The molecule has 4 rings (SSSR count). The fraction of sp³-hybridized carbons (Fsp3) is 0.250. The molecule has 0 unspecified atom stereocenters. The summed E-state index contributed by atoms with van der Waals surface area (Å²) in [5, 5.41) is 6.87. The van der Waals surface area contributed by atoms with Crippen LogP contribution in [0.5, 0.6) is 0 Å². The molecule has 0 amide bonds. The molecule has 0 saturated heterocycles. The zero-order chi connectivity index (χ0) is 13.4. The van der Waals surface area contributed by atoms with Gasteiger partial charge in [-0.15, -0.1) is 0 Å². The van der Waals surface area contributed by atoms with Crippen molar-refractivity contribution in [3.63, 3.8) is 0 Å². The number of hydrogen-bond acceptors (Lipinski definition) is 2. The molecule has 0 atom stereocenters. The van der Waals surface area contributed by atoms with Crippen molar-refractivity contribution in [2.24, 2.45) is 0 Å². The van der Waals surface area contributed by atoms with Gasteiger partial charge in [-0.1, -0.05) is 0 Å². The van der Waals surface area contributed by atoms with E-state index in [1.54, 1.807) is 8.92 Å². The van der Waals surface area contributed by atoms with Crippen molar-refractivity contribution in [1.29, 1.82) is 0 Å². The Morgan fingerprint density at radius 2 is 1.20 bits per heavy atom. The first-order valence-corrected chi connectivity index (χ1v) is 13.0. The van der Waals surface area contributed by atoms with Gasteiger partial charge < -0.3 is 0 Å². The fourth-order valence-electron chi connectivity index (χ4n) is 2.76. The van der Waals surface area contributed by atoms with Crippen molar-refractivity contribution in [2.75, 3.05) is 23.7 Å². The third kappa shape index (κ3) is 2.49. The number of rotatable bonds is 3. The third-order valence-corrected chi connectivity index (χ3v) is 11.0. The van der Waals surface area contributed by atoms with Crippen LogP contribution in [0, 0.1) is 0 Å². The van der Waals surface area contributed by atoms with E-state index in [2.05, 4.69) is 47.0 Å². The van der Waals surface area contributed by atoms with E-state index in [0.29, 0.717) is 26.3 Å². The Morgan fingerprint density at radius 3 is 1.70 bits per heavy atom. The van der Waals surface area contributed by atoms with Gasteiger partial charge in [-0.25, -0.2) is 0 Å². The second-order valence-corrected chi connectivity index (χ2v) is 11.5. The number of benzene rings is 2. The summed E-state index contributed by atoms with van der Waals surface area (Å²) in [6.07, 6.45) is 2.38. The number of nitrogens with one attached hydrogen (secondary N) is 2. The standard InChI is InChI=1S/C16H16N2Se2/c1-3-15-11(5-7-17-15)9-13(1)19-20-14-2-4-16-12(10-14)6-8-18-16/h1-4,9-10,17-18H,5-8H2. The monoisotopic (exact) mass is 396 g/mol. The molecule has 0 aromatic heterocycles. The molecule has 0 radical (unpaired) electrons. The maximum absolute atomic E-state index is 3.43. The van der Waals surface area contributed by atoms with E-state index in [4.69, 9.17) is 0 Å². The zero-order valence-corrected chi connectivity index (χ0v) is 14.5. The predicted molar refractivity (Wildman–Crippen MR) is 88.0 cm³/mol. The molecule has 2 heterocycles. The summed E-state index contributed by atoms with van der Waals surface area (Å²) in [6.45, 7) is 2.21. The van der Waals surface area contributed by atoms with Gasteiger partial charge in [0.2, 0.25) is 0 Å². The van der Waals surface area contributed by atoms with Crippen LogP contribution in [-0.4, -0.2) is 39.4 Å². The Bertz CT molecular complexity index is 597. The quantitative estimate of drug-likeness (QED) is 0.757. The minimum absolute atomic E-state index is 0.602. The van der Waals surface area contributed by atoms with Crippen LogP contribution < -0.4 is 19.6 Å². The van der Waals surface area contributed by atoms with Crippen LogP contribution in [-0.2, 0) is 12.8 Å². The average molecular weight is 394 g/mol. The van der Waals surface area contributed by atoms with E-state index < -0.39 is 0 Å². The SMILES string of the molecule is c1cc2c(cc1[Se][Se]c1ccc3c(c1)CCN3)CCN2.